The van der Waals surface area contributed by atoms with Crippen LogP contribution in [0.5, 0.6) is 0 Å². The average molecular weight is 497 g/mol. The van der Waals surface area contributed by atoms with Crippen LogP contribution >= 0.6 is 35.7 Å². The SMILES string of the molecule is CCNC(=NCC1CCCS1)NCC#Cc1ccc(C(F)(F)F)cc1.I. The van der Waals surface area contributed by atoms with E-state index < -0.39 is 11.7 Å². The summed E-state index contributed by atoms with van der Waals surface area (Å²) in [6, 6.07) is 4.85. The molecule has 0 aliphatic carbocycles. The standard InChI is InChI=1S/C18H22F3N3S.HI/c1-2-22-17(24-13-16-6-4-12-25-16)23-11-3-5-14-7-9-15(10-8-14)18(19,20)21;/h7-10,16H,2,4,6,11-13H2,1H3,(H2,22,23,24);1H. The topological polar surface area (TPSA) is 36.4 Å². The van der Waals surface area contributed by atoms with E-state index in [2.05, 4.69) is 27.5 Å². The minimum absolute atomic E-state index is 0. The molecule has 0 saturated carbocycles. The highest BCUT2D eigenvalue weighted by Crippen LogP contribution is 2.29. The number of hydrogen-bond donors (Lipinski definition) is 2. The normalized spacial score (nSPS) is 17.1. The molecule has 144 valence electrons. The van der Waals surface area contributed by atoms with Gasteiger partial charge >= 0.3 is 6.18 Å². The highest BCUT2D eigenvalue weighted by Gasteiger charge is 2.29. The lowest BCUT2D eigenvalue weighted by Gasteiger charge is -2.10. The van der Waals surface area contributed by atoms with E-state index in [1.165, 1.54) is 30.7 Å². The molecule has 0 amide bonds. The number of hydrogen-bond acceptors (Lipinski definition) is 2. The third-order valence-corrected chi connectivity index (χ3v) is 4.99. The first-order valence-corrected chi connectivity index (χ1v) is 9.34. The Bertz CT molecular complexity index is 630. The molecule has 1 fully saturated rings. The van der Waals surface area contributed by atoms with Gasteiger partial charge in [-0.2, -0.15) is 24.9 Å². The van der Waals surface area contributed by atoms with Gasteiger partial charge in [0.05, 0.1) is 18.7 Å². The first-order chi connectivity index (χ1) is 12.0. The first-order valence-electron chi connectivity index (χ1n) is 8.29. The monoisotopic (exact) mass is 497 g/mol. The second-order valence-electron chi connectivity index (χ2n) is 5.59. The van der Waals surface area contributed by atoms with Crippen LogP contribution < -0.4 is 10.6 Å². The third kappa shape index (κ3) is 8.08. The van der Waals surface area contributed by atoms with Crippen molar-refractivity contribution in [3.63, 3.8) is 0 Å². The number of rotatable bonds is 4. The molecule has 26 heavy (non-hydrogen) atoms. The fourth-order valence-corrected chi connectivity index (χ4v) is 3.52. The molecule has 1 aromatic carbocycles. The predicted molar refractivity (Wildman–Crippen MR) is 113 cm³/mol. The van der Waals surface area contributed by atoms with Crippen molar-refractivity contribution in [1.82, 2.24) is 10.6 Å². The summed E-state index contributed by atoms with van der Waals surface area (Å²) in [5.74, 6) is 7.69. The third-order valence-electron chi connectivity index (χ3n) is 3.61. The molecule has 1 unspecified atom stereocenters. The van der Waals surface area contributed by atoms with Gasteiger partial charge in [0.25, 0.3) is 0 Å². The molecule has 2 N–H and O–H groups in total. The Hall–Kier alpha value is -1.08. The zero-order chi connectivity index (χ0) is 18.1. The molecule has 8 heteroatoms. The van der Waals surface area contributed by atoms with Crippen LogP contribution in [0.4, 0.5) is 13.2 Å². The second kappa shape index (κ2) is 11.6. The maximum absolute atomic E-state index is 12.5. The summed E-state index contributed by atoms with van der Waals surface area (Å²) >= 11 is 1.96. The van der Waals surface area contributed by atoms with Gasteiger partial charge in [0.15, 0.2) is 5.96 Å². The summed E-state index contributed by atoms with van der Waals surface area (Å²) in [7, 11) is 0. The quantitative estimate of drug-likeness (QED) is 0.285. The molecule has 1 aliphatic rings. The molecule has 0 spiro atoms. The molecule has 1 heterocycles. The molecule has 1 aromatic rings. The molecular formula is C18H23F3IN3S. The maximum atomic E-state index is 12.5. The largest absolute Gasteiger partial charge is 0.416 e. The predicted octanol–water partition coefficient (Wildman–Crippen LogP) is 4.13. The summed E-state index contributed by atoms with van der Waals surface area (Å²) in [5, 5.41) is 6.88. The van der Waals surface area contributed by atoms with E-state index >= 15 is 0 Å². The van der Waals surface area contributed by atoms with Crippen molar-refractivity contribution in [2.24, 2.45) is 4.99 Å². The number of alkyl halides is 3. The molecule has 0 aromatic heterocycles. The number of guanidine groups is 1. The molecule has 2 rings (SSSR count). The lowest BCUT2D eigenvalue weighted by molar-refractivity contribution is -0.137. The summed E-state index contributed by atoms with van der Waals surface area (Å²) in [4.78, 5) is 4.56. The van der Waals surface area contributed by atoms with Crippen LogP contribution in [0, 0.1) is 11.8 Å². The van der Waals surface area contributed by atoms with Gasteiger partial charge in [-0.3, -0.25) is 4.99 Å². The molecule has 0 bridgehead atoms. The Balaban J connectivity index is 0.00000338. The van der Waals surface area contributed by atoms with Gasteiger partial charge < -0.3 is 10.6 Å². The van der Waals surface area contributed by atoms with Gasteiger partial charge in [0, 0.05) is 17.4 Å². The molecule has 0 radical (unpaired) electrons. The van der Waals surface area contributed by atoms with Gasteiger partial charge in [-0.15, -0.1) is 24.0 Å². The number of aliphatic imine (C=N–C) groups is 1. The van der Waals surface area contributed by atoms with Crippen LogP contribution in [0.25, 0.3) is 0 Å². The summed E-state index contributed by atoms with van der Waals surface area (Å²) in [6.07, 6.45) is -1.85. The van der Waals surface area contributed by atoms with Crippen LogP contribution in [0.15, 0.2) is 29.3 Å². The van der Waals surface area contributed by atoms with Crippen LogP contribution in [-0.4, -0.2) is 36.6 Å². The van der Waals surface area contributed by atoms with Crippen LogP contribution in [0.2, 0.25) is 0 Å². The van der Waals surface area contributed by atoms with Crippen molar-refractivity contribution >= 4 is 41.7 Å². The minimum Gasteiger partial charge on any atom is -0.357 e. The smallest absolute Gasteiger partial charge is 0.357 e. The second-order valence-corrected chi connectivity index (χ2v) is 6.99. The fraction of sp³-hybridized carbons (Fsp3) is 0.500. The van der Waals surface area contributed by atoms with E-state index in [0.717, 1.165) is 31.2 Å². The zero-order valence-corrected chi connectivity index (χ0v) is 17.7. The van der Waals surface area contributed by atoms with Crippen LogP contribution in [0.3, 0.4) is 0 Å². The van der Waals surface area contributed by atoms with E-state index in [-0.39, 0.29) is 24.0 Å². The van der Waals surface area contributed by atoms with Crippen LogP contribution in [0.1, 0.15) is 30.9 Å². The minimum atomic E-state index is -4.32. The van der Waals surface area contributed by atoms with Gasteiger partial charge in [-0.1, -0.05) is 11.8 Å². The molecule has 1 saturated heterocycles. The Kier molecular flexibility index (Phi) is 10.2. The Morgan fingerprint density at radius 1 is 1.27 bits per heavy atom. The summed E-state index contributed by atoms with van der Waals surface area (Å²) in [5.41, 5.74) is -0.110. The van der Waals surface area contributed by atoms with Gasteiger partial charge in [0.1, 0.15) is 0 Å². The van der Waals surface area contributed by atoms with E-state index in [4.69, 9.17) is 0 Å². The lowest BCUT2D eigenvalue weighted by atomic mass is 10.1. The van der Waals surface area contributed by atoms with Gasteiger partial charge in [-0.05, 0) is 49.8 Å². The first kappa shape index (κ1) is 23.0. The van der Waals surface area contributed by atoms with Crippen molar-refractivity contribution in [2.75, 3.05) is 25.4 Å². The number of nitrogens with one attached hydrogen (secondary N) is 2. The van der Waals surface area contributed by atoms with Crippen molar-refractivity contribution in [2.45, 2.75) is 31.2 Å². The van der Waals surface area contributed by atoms with Crippen LogP contribution in [-0.2, 0) is 6.18 Å². The fourth-order valence-electron chi connectivity index (χ4n) is 2.34. The van der Waals surface area contributed by atoms with Gasteiger partial charge in [0.2, 0.25) is 0 Å². The van der Waals surface area contributed by atoms with Gasteiger partial charge in [-0.25, -0.2) is 0 Å². The zero-order valence-electron chi connectivity index (χ0n) is 14.5. The Morgan fingerprint density at radius 3 is 2.58 bits per heavy atom. The number of benzene rings is 1. The summed E-state index contributed by atoms with van der Waals surface area (Å²) < 4.78 is 37.5. The summed E-state index contributed by atoms with van der Waals surface area (Å²) in [6.45, 7) is 3.92. The number of nitrogens with zero attached hydrogens (tertiary/aromatic N) is 1. The molecule has 1 atom stereocenters. The average Bonchev–Trinajstić information content (AvgIpc) is 3.09. The van der Waals surface area contributed by atoms with Crippen molar-refractivity contribution in [3.8, 4) is 11.8 Å². The van der Waals surface area contributed by atoms with Crippen molar-refractivity contribution in [1.29, 1.82) is 0 Å². The van der Waals surface area contributed by atoms with E-state index in [1.54, 1.807) is 0 Å². The van der Waals surface area contributed by atoms with Crippen molar-refractivity contribution < 1.29 is 13.2 Å². The highest BCUT2D eigenvalue weighted by molar-refractivity contribution is 14.0. The Morgan fingerprint density at radius 2 is 2.00 bits per heavy atom. The lowest BCUT2D eigenvalue weighted by Crippen LogP contribution is -2.37. The Labute approximate surface area is 174 Å². The molecule has 3 nitrogen and oxygen atoms in total. The number of halogens is 4. The molecule has 1 aliphatic heterocycles. The maximum Gasteiger partial charge on any atom is 0.416 e. The highest BCUT2D eigenvalue weighted by atomic mass is 127. The van der Waals surface area contributed by atoms with E-state index in [1.807, 2.05) is 18.7 Å². The van der Waals surface area contributed by atoms with E-state index in [0.29, 0.717) is 17.4 Å². The van der Waals surface area contributed by atoms with Crippen molar-refractivity contribution in [3.05, 3.63) is 35.4 Å². The molecular weight excluding hydrogens is 474 g/mol. The van der Waals surface area contributed by atoms with E-state index in [9.17, 15) is 13.2 Å². The number of thioether (sulfide) groups is 1.